The summed E-state index contributed by atoms with van der Waals surface area (Å²) in [6.45, 7) is 10.3. The van der Waals surface area contributed by atoms with Crippen LogP contribution < -0.4 is 10.2 Å². The van der Waals surface area contributed by atoms with E-state index in [0.29, 0.717) is 23.6 Å². The van der Waals surface area contributed by atoms with Gasteiger partial charge in [0, 0.05) is 10.9 Å². The van der Waals surface area contributed by atoms with Gasteiger partial charge in [-0.2, -0.15) is 0 Å². The summed E-state index contributed by atoms with van der Waals surface area (Å²) >= 11 is 1.57. The fourth-order valence-electron chi connectivity index (χ4n) is 3.51. The molecule has 2 heterocycles. The maximum atomic E-state index is 13.1. The van der Waals surface area contributed by atoms with E-state index in [2.05, 4.69) is 31.2 Å². The molecule has 33 heavy (non-hydrogen) atoms. The molecule has 1 saturated heterocycles. The third-order valence-electron chi connectivity index (χ3n) is 5.54. The number of hydrogen-bond acceptors (Lipinski definition) is 7. The number of anilines is 1. The number of carbonyl (C=O) groups is 2. The number of ether oxygens (including phenoxy) is 2. The van der Waals surface area contributed by atoms with Gasteiger partial charge in [0.05, 0.1) is 16.4 Å². The molecule has 172 valence electrons. The molecule has 0 spiro atoms. The highest BCUT2D eigenvalue weighted by Gasteiger charge is 2.52. The highest BCUT2D eigenvalue weighted by Crippen LogP contribution is 2.35. The largest absolute Gasteiger partial charge is 0.487 e. The van der Waals surface area contributed by atoms with Crippen LogP contribution in [0.5, 0.6) is 5.75 Å². The summed E-state index contributed by atoms with van der Waals surface area (Å²) < 4.78 is 11.3. The minimum atomic E-state index is -1.43. The first kappa shape index (κ1) is 22.8. The summed E-state index contributed by atoms with van der Waals surface area (Å²) in [4.78, 5) is 30.0. The van der Waals surface area contributed by atoms with E-state index in [1.54, 1.807) is 42.5 Å². The Labute approximate surface area is 197 Å². The van der Waals surface area contributed by atoms with E-state index >= 15 is 0 Å². The Bertz CT molecular complexity index is 1170. The van der Waals surface area contributed by atoms with Gasteiger partial charge in [0.2, 0.25) is 5.60 Å². The van der Waals surface area contributed by atoms with Crippen LogP contribution in [0.15, 0.2) is 53.9 Å². The van der Waals surface area contributed by atoms with Gasteiger partial charge in [-0.3, -0.25) is 10.2 Å². The molecular formula is C25H27N3O4S. The lowest BCUT2D eigenvalue weighted by atomic mass is 9.87. The number of hydrogen-bond donors (Lipinski definition) is 1. The predicted molar refractivity (Wildman–Crippen MR) is 127 cm³/mol. The average Bonchev–Trinajstić information content (AvgIpc) is 3.29. The number of aromatic nitrogens is 1. The minimum Gasteiger partial charge on any atom is -0.487 e. The Kier molecular flexibility index (Phi) is 5.88. The lowest BCUT2D eigenvalue weighted by molar-refractivity contribution is -0.135. The van der Waals surface area contributed by atoms with Gasteiger partial charge >= 0.3 is 6.09 Å². The van der Waals surface area contributed by atoms with Gasteiger partial charge in [-0.05, 0) is 49.1 Å². The molecule has 7 nitrogen and oxygen atoms in total. The van der Waals surface area contributed by atoms with Crippen LogP contribution in [0.25, 0.3) is 0 Å². The summed E-state index contributed by atoms with van der Waals surface area (Å²) in [6.07, 6.45) is -0.748. The fourth-order valence-corrected chi connectivity index (χ4v) is 4.11. The number of hydrazine groups is 1. The maximum Gasteiger partial charge on any atom is 0.437 e. The van der Waals surface area contributed by atoms with Gasteiger partial charge in [0.15, 0.2) is 0 Å². The van der Waals surface area contributed by atoms with Crippen molar-refractivity contribution in [3.05, 3.63) is 75.7 Å². The van der Waals surface area contributed by atoms with Crippen molar-refractivity contribution >= 4 is 29.0 Å². The first-order valence-corrected chi connectivity index (χ1v) is 11.5. The Hall–Kier alpha value is -3.39. The summed E-state index contributed by atoms with van der Waals surface area (Å²) in [5.74, 6) is 0.151. The van der Waals surface area contributed by atoms with Gasteiger partial charge in [-0.25, -0.2) is 9.78 Å². The number of rotatable bonds is 6. The lowest BCUT2D eigenvalue weighted by Gasteiger charge is -2.22. The molecule has 0 bridgehead atoms. The van der Waals surface area contributed by atoms with Crippen LogP contribution in [0, 0.1) is 6.92 Å². The highest BCUT2D eigenvalue weighted by atomic mass is 32.1. The zero-order chi connectivity index (χ0) is 23.8. The molecule has 1 unspecified atom stereocenters. The first-order valence-electron chi connectivity index (χ1n) is 10.7. The SMILES string of the molecule is Cc1nc(COc2ccc(C3(C)OC(=O)N(Nc4ccc(C(C)(C)C)cc4)C3=O)cc2)cs1. The van der Waals surface area contributed by atoms with Gasteiger partial charge in [-0.15, -0.1) is 16.3 Å². The Morgan fingerprint density at radius 3 is 2.33 bits per heavy atom. The number of carbonyl (C=O) groups excluding carboxylic acids is 2. The predicted octanol–water partition coefficient (Wildman–Crippen LogP) is 5.55. The summed E-state index contributed by atoms with van der Waals surface area (Å²) in [5.41, 5.74) is 4.66. The molecule has 0 aliphatic carbocycles. The topological polar surface area (TPSA) is 80.8 Å². The Morgan fingerprint density at radius 1 is 1.09 bits per heavy atom. The van der Waals surface area contributed by atoms with Gasteiger partial charge in [0.1, 0.15) is 12.4 Å². The number of amides is 2. The zero-order valence-electron chi connectivity index (χ0n) is 19.3. The molecule has 0 radical (unpaired) electrons. The van der Waals surface area contributed by atoms with Crippen molar-refractivity contribution in [2.45, 2.75) is 52.2 Å². The van der Waals surface area contributed by atoms with Crippen LogP contribution in [0.3, 0.4) is 0 Å². The summed E-state index contributed by atoms with van der Waals surface area (Å²) in [6, 6.07) is 14.6. The molecule has 1 N–H and O–H groups in total. The van der Waals surface area contributed by atoms with Gasteiger partial charge in [-0.1, -0.05) is 45.0 Å². The number of aryl methyl sites for hydroxylation is 1. The smallest absolute Gasteiger partial charge is 0.437 e. The van der Waals surface area contributed by atoms with Crippen LogP contribution in [-0.4, -0.2) is 22.0 Å². The Morgan fingerprint density at radius 2 is 1.76 bits per heavy atom. The number of benzene rings is 2. The Balaban J connectivity index is 1.45. The van der Waals surface area contributed by atoms with Gasteiger partial charge in [0.25, 0.3) is 5.91 Å². The van der Waals surface area contributed by atoms with E-state index in [1.807, 2.05) is 36.6 Å². The van der Waals surface area contributed by atoms with E-state index in [9.17, 15) is 9.59 Å². The maximum absolute atomic E-state index is 13.1. The van der Waals surface area contributed by atoms with Crippen molar-refractivity contribution in [3.63, 3.8) is 0 Å². The fraction of sp³-hybridized carbons (Fsp3) is 0.320. The third-order valence-corrected chi connectivity index (χ3v) is 6.36. The van der Waals surface area contributed by atoms with Crippen molar-refractivity contribution in [1.29, 1.82) is 0 Å². The zero-order valence-corrected chi connectivity index (χ0v) is 20.2. The summed E-state index contributed by atoms with van der Waals surface area (Å²) in [7, 11) is 0. The quantitative estimate of drug-likeness (QED) is 0.514. The normalized spacial score (nSPS) is 18.4. The standard InChI is InChI=1S/C25H27N3O4S/c1-16-26-20(15-33-16)14-31-21-12-8-18(9-13-21)25(5)22(29)28(23(30)32-25)27-19-10-6-17(7-11-19)24(2,3)4/h6-13,15,27H,14H2,1-5H3. The molecule has 0 saturated carbocycles. The van der Waals surface area contributed by atoms with E-state index in [4.69, 9.17) is 9.47 Å². The second kappa shape index (κ2) is 8.51. The summed E-state index contributed by atoms with van der Waals surface area (Å²) in [5, 5.41) is 3.86. The van der Waals surface area contributed by atoms with Crippen molar-refractivity contribution < 1.29 is 19.1 Å². The van der Waals surface area contributed by atoms with E-state index in [0.717, 1.165) is 21.3 Å². The van der Waals surface area contributed by atoms with Crippen LogP contribution in [0.4, 0.5) is 10.5 Å². The number of nitrogens with one attached hydrogen (secondary N) is 1. The van der Waals surface area contributed by atoms with Crippen LogP contribution in [-0.2, 0) is 27.2 Å². The lowest BCUT2D eigenvalue weighted by Crippen LogP contribution is -2.40. The molecule has 2 aromatic carbocycles. The molecule has 3 aromatic rings. The van der Waals surface area contributed by atoms with Crippen molar-refractivity contribution in [2.75, 3.05) is 5.43 Å². The number of nitrogens with zero attached hydrogens (tertiary/aromatic N) is 2. The molecule has 1 fully saturated rings. The number of imide groups is 1. The number of cyclic esters (lactones) is 1. The van der Waals surface area contributed by atoms with Crippen LogP contribution in [0.1, 0.15) is 49.5 Å². The van der Waals surface area contributed by atoms with E-state index in [-0.39, 0.29) is 5.41 Å². The minimum absolute atomic E-state index is 0.00847. The first-order chi connectivity index (χ1) is 15.6. The molecule has 8 heteroatoms. The molecule has 1 aromatic heterocycles. The van der Waals surface area contributed by atoms with E-state index in [1.165, 1.54) is 0 Å². The average molecular weight is 466 g/mol. The van der Waals surface area contributed by atoms with Crippen LogP contribution >= 0.6 is 11.3 Å². The molecule has 4 rings (SSSR count). The van der Waals surface area contributed by atoms with Gasteiger partial charge < -0.3 is 9.47 Å². The molecule has 2 amide bonds. The molecule has 1 aliphatic rings. The highest BCUT2D eigenvalue weighted by molar-refractivity contribution is 7.09. The molecule has 1 aliphatic heterocycles. The van der Waals surface area contributed by atoms with Crippen molar-refractivity contribution in [3.8, 4) is 5.75 Å². The second-order valence-electron chi connectivity index (χ2n) is 9.15. The molecular weight excluding hydrogens is 438 g/mol. The van der Waals surface area contributed by atoms with Crippen LogP contribution in [0.2, 0.25) is 0 Å². The number of thiazole rings is 1. The second-order valence-corrected chi connectivity index (χ2v) is 10.2. The molecule has 1 atom stereocenters. The van der Waals surface area contributed by atoms with Crippen molar-refractivity contribution in [2.24, 2.45) is 0 Å². The van der Waals surface area contributed by atoms with Crippen molar-refractivity contribution in [1.82, 2.24) is 9.99 Å². The monoisotopic (exact) mass is 465 g/mol. The van der Waals surface area contributed by atoms with E-state index < -0.39 is 17.6 Å². The third kappa shape index (κ3) is 4.71.